The summed E-state index contributed by atoms with van der Waals surface area (Å²) in [6, 6.07) is 12.4. The van der Waals surface area contributed by atoms with Crippen molar-refractivity contribution in [1.82, 2.24) is 4.98 Å². The number of Topliss-reactive ketones (excluding diaryl/α,β-unsaturated/α-hetero) is 1. The van der Waals surface area contributed by atoms with Crippen LogP contribution in [0.4, 0.5) is 5.13 Å². The lowest BCUT2D eigenvalue weighted by Gasteiger charge is -2.20. The van der Waals surface area contributed by atoms with Crippen LogP contribution in [0.15, 0.2) is 47.4 Å². The van der Waals surface area contributed by atoms with E-state index < -0.39 is 15.7 Å². The Morgan fingerprint density at radius 3 is 2.55 bits per heavy atom. The van der Waals surface area contributed by atoms with E-state index >= 15 is 0 Å². The topological polar surface area (TPSA) is 93.2 Å². The highest BCUT2D eigenvalue weighted by atomic mass is 32.2. The van der Waals surface area contributed by atoms with Crippen LogP contribution in [-0.2, 0) is 19.4 Å². The Balaban J connectivity index is 1.50. The van der Waals surface area contributed by atoms with Gasteiger partial charge in [-0.2, -0.15) is 0 Å². The predicted molar refractivity (Wildman–Crippen MR) is 123 cm³/mol. The molecule has 6 nitrogen and oxygen atoms in total. The Kier molecular flexibility index (Phi) is 6.20. The second kappa shape index (κ2) is 8.88. The third-order valence-electron chi connectivity index (χ3n) is 5.66. The molecule has 1 fully saturated rings. The SMILES string of the molecule is CS(=O)(=O)c1cccc(-c2ccc3nc(NC(=O)C(=O)CC4CCCCC4)sc3c2)c1. The van der Waals surface area contributed by atoms with Crippen LogP contribution in [0.25, 0.3) is 21.3 Å². The van der Waals surface area contributed by atoms with E-state index in [-0.39, 0.29) is 10.7 Å². The molecule has 0 spiro atoms. The number of carbonyl (C=O) groups is 2. The number of sulfone groups is 1. The van der Waals surface area contributed by atoms with E-state index in [1.807, 2.05) is 24.3 Å². The fourth-order valence-corrected chi connectivity index (χ4v) is 5.54. The minimum absolute atomic E-state index is 0.263. The zero-order chi connectivity index (χ0) is 22.0. The quantitative estimate of drug-likeness (QED) is 0.536. The van der Waals surface area contributed by atoms with Crippen LogP contribution in [0.5, 0.6) is 0 Å². The lowest BCUT2D eigenvalue weighted by Crippen LogP contribution is -2.25. The number of hydrogen-bond acceptors (Lipinski definition) is 6. The molecule has 0 atom stereocenters. The molecule has 1 N–H and O–H groups in total. The Morgan fingerprint density at radius 1 is 1.06 bits per heavy atom. The van der Waals surface area contributed by atoms with Crippen molar-refractivity contribution in [2.75, 3.05) is 11.6 Å². The molecule has 1 aliphatic carbocycles. The molecule has 0 aliphatic heterocycles. The maximum atomic E-state index is 12.3. The van der Waals surface area contributed by atoms with Gasteiger partial charge in [-0.05, 0) is 41.3 Å². The summed E-state index contributed by atoms with van der Waals surface area (Å²) in [6.45, 7) is 0. The van der Waals surface area contributed by atoms with Gasteiger partial charge in [-0.3, -0.25) is 14.9 Å². The number of nitrogens with zero attached hydrogens (tertiary/aromatic N) is 1. The van der Waals surface area contributed by atoms with Crippen molar-refractivity contribution < 1.29 is 18.0 Å². The van der Waals surface area contributed by atoms with Gasteiger partial charge >= 0.3 is 0 Å². The van der Waals surface area contributed by atoms with Crippen LogP contribution in [0.3, 0.4) is 0 Å². The van der Waals surface area contributed by atoms with Gasteiger partial charge in [0.2, 0.25) is 5.78 Å². The number of ketones is 1. The maximum Gasteiger partial charge on any atom is 0.293 e. The third-order valence-corrected chi connectivity index (χ3v) is 7.70. The highest BCUT2D eigenvalue weighted by Gasteiger charge is 2.22. The van der Waals surface area contributed by atoms with Crippen molar-refractivity contribution in [3.8, 4) is 11.1 Å². The van der Waals surface area contributed by atoms with E-state index in [1.165, 1.54) is 24.0 Å². The van der Waals surface area contributed by atoms with Crippen LogP contribution in [0, 0.1) is 5.92 Å². The average Bonchev–Trinajstić information content (AvgIpc) is 3.15. The summed E-state index contributed by atoms with van der Waals surface area (Å²) in [4.78, 5) is 29.3. The molecule has 31 heavy (non-hydrogen) atoms. The van der Waals surface area contributed by atoms with Crippen LogP contribution in [-0.4, -0.2) is 31.3 Å². The first-order valence-electron chi connectivity index (χ1n) is 10.3. The zero-order valence-electron chi connectivity index (χ0n) is 17.3. The lowest BCUT2D eigenvalue weighted by molar-refractivity contribution is -0.135. The molecule has 4 rings (SSSR count). The standard InChI is InChI=1S/C23H24N2O4S2/c1-31(28,29)18-9-5-8-16(13-18)17-10-11-19-21(14-17)30-23(24-19)25-22(27)20(26)12-15-6-3-2-4-7-15/h5,8-11,13-15H,2-4,6-7,12H2,1H3,(H,24,25,27). The lowest BCUT2D eigenvalue weighted by atomic mass is 9.86. The van der Waals surface area contributed by atoms with E-state index in [9.17, 15) is 18.0 Å². The number of aromatic nitrogens is 1. The van der Waals surface area contributed by atoms with Gasteiger partial charge in [0.1, 0.15) is 0 Å². The molecular weight excluding hydrogens is 432 g/mol. The number of carbonyl (C=O) groups excluding carboxylic acids is 2. The van der Waals surface area contributed by atoms with Crippen molar-refractivity contribution in [2.24, 2.45) is 5.92 Å². The smallest absolute Gasteiger partial charge is 0.293 e. The van der Waals surface area contributed by atoms with Crippen molar-refractivity contribution >= 4 is 48.2 Å². The fraction of sp³-hybridized carbons (Fsp3) is 0.348. The minimum atomic E-state index is -3.29. The Hall–Kier alpha value is -2.58. The Bertz CT molecular complexity index is 1240. The van der Waals surface area contributed by atoms with E-state index in [0.717, 1.165) is 41.5 Å². The van der Waals surface area contributed by atoms with E-state index in [2.05, 4.69) is 10.3 Å². The number of fused-ring (bicyclic) bond motifs is 1. The van der Waals surface area contributed by atoms with Gasteiger partial charge in [0, 0.05) is 12.7 Å². The summed E-state index contributed by atoms with van der Waals surface area (Å²) in [6.07, 6.45) is 7.00. The van der Waals surface area contributed by atoms with Gasteiger partial charge < -0.3 is 0 Å². The third kappa shape index (κ3) is 5.19. The summed E-state index contributed by atoms with van der Waals surface area (Å²) < 4.78 is 24.5. The summed E-state index contributed by atoms with van der Waals surface area (Å²) >= 11 is 1.29. The van der Waals surface area contributed by atoms with E-state index in [1.54, 1.807) is 18.2 Å². The second-order valence-corrected chi connectivity index (χ2v) is 11.1. The molecule has 1 aromatic heterocycles. The number of rotatable bonds is 6. The van der Waals surface area contributed by atoms with E-state index in [0.29, 0.717) is 23.0 Å². The Labute approximate surface area is 185 Å². The van der Waals surface area contributed by atoms with Gasteiger partial charge in [-0.15, -0.1) is 0 Å². The molecular formula is C23H24N2O4S2. The highest BCUT2D eigenvalue weighted by molar-refractivity contribution is 7.90. The highest BCUT2D eigenvalue weighted by Crippen LogP contribution is 2.32. The van der Waals surface area contributed by atoms with E-state index in [4.69, 9.17) is 0 Å². The molecule has 0 saturated heterocycles. The number of anilines is 1. The van der Waals surface area contributed by atoms with Gasteiger partial charge in [-0.1, -0.05) is 61.6 Å². The van der Waals surface area contributed by atoms with Crippen LogP contribution in [0.2, 0.25) is 0 Å². The molecule has 3 aromatic rings. The minimum Gasteiger partial charge on any atom is -0.295 e. The summed E-state index contributed by atoms with van der Waals surface area (Å²) in [7, 11) is -3.29. The number of benzene rings is 2. The van der Waals surface area contributed by atoms with Gasteiger partial charge in [0.25, 0.3) is 5.91 Å². The summed E-state index contributed by atoms with van der Waals surface area (Å²) in [5.41, 5.74) is 2.35. The number of thiazole rings is 1. The number of nitrogens with one attached hydrogen (secondary N) is 1. The van der Waals surface area contributed by atoms with Crippen molar-refractivity contribution in [1.29, 1.82) is 0 Å². The first kappa shape index (κ1) is 21.6. The van der Waals surface area contributed by atoms with Crippen LogP contribution < -0.4 is 5.32 Å². The van der Waals surface area contributed by atoms with Gasteiger partial charge in [-0.25, -0.2) is 13.4 Å². The number of amides is 1. The van der Waals surface area contributed by atoms with Gasteiger partial charge in [0.15, 0.2) is 15.0 Å². The average molecular weight is 457 g/mol. The number of hydrogen-bond donors (Lipinski definition) is 1. The molecule has 1 aliphatic rings. The largest absolute Gasteiger partial charge is 0.295 e. The molecule has 162 valence electrons. The predicted octanol–water partition coefficient (Wildman–Crippen LogP) is 4.84. The first-order valence-corrected chi connectivity index (χ1v) is 13.1. The molecule has 0 radical (unpaired) electrons. The fourth-order valence-electron chi connectivity index (χ4n) is 3.98. The van der Waals surface area contributed by atoms with Crippen LogP contribution in [0.1, 0.15) is 38.5 Å². The zero-order valence-corrected chi connectivity index (χ0v) is 18.9. The normalized spacial score (nSPS) is 15.1. The monoisotopic (exact) mass is 456 g/mol. The molecule has 0 unspecified atom stereocenters. The summed E-state index contributed by atoms with van der Waals surface area (Å²) in [5.74, 6) is -0.678. The molecule has 0 bridgehead atoms. The first-order chi connectivity index (χ1) is 14.8. The molecule has 2 aromatic carbocycles. The van der Waals surface area contributed by atoms with Crippen LogP contribution >= 0.6 is 11.3 Å². The summed E-state index contributed by atoms with van der Waals surface area (Å²) in [5, 5.41) is 3.04. The molecule has 1 amide bonds. The molecule has 8 heteroatoms. The Morgan fingerprint density at radius 2 is 1.81 bits per heavy atom. The molecule has 1 saturated carbocycles. The van der Waals surface area contributed by atoms with Crippen molar-refractivity contribution in [2.45, 2.75) is 43.4 Å². The van der Waals surface area contributed by atoms with Crippen molar-refractivity contribution in [3.63, 3.8) is 0 Å². The molecule has 1 heterocycles. The maximum absolute atomic E-state index is 12.3. The van der Waals surface area contributed by atoms with Crippen molar-refractivity contribution in [3.05, 3.63) is 42.5 Å². The second-order valence-electron chi connectivity index (χ2n) is 8.09. The van der Waals surface area contributed by atoms with Gasteiger partial charge in [0.05, 0.1) is 15.1 Å².